The zero-order valence-electron chi connectivity index (χ0n) is 12.0. The Kier molecular flexibility index (Phi) is 3.89. The average Bonchev–Trinajstić information content (AvgIpc) is 3.25. The summed E-state index contributed by atoms with van der Waals surface area (Å²) in [4.78, 5) is 4.40. The second-order valence-corrected chi connectivity index (χ2v) is 5.26. The molecule has 0 amide bonds. The molecule has 108 valence electrons. The van der Waals surface area contributed by atoms with E-state index in [2.05, 4.69) is 20.9 Å². The van der Waals surface area contributed by atoms with Crippen LogP contribution in [-0.2, 0) is 13.1 Å². The molecule has 0 unspecified atom stereocenters. The van der Waals surface area contributed by atoms with Crippen LogP contribution in [0.3, 0.4) is 0 Å². The third kappa shape index (κ3) is 3.23. The number of nitrogens with zero attached hydrogens (tertiary/aromatic N) is 3. The molecule has 0 radical (unpaired) electrons. The molecule has 21 heavy (non-hydrogen) atoms. The van der Waals surface area contributed by atoms with Crippen molar-refractivity contribution in [3.63, 3.8) is 0 Å². The number of benzene rings is 1. The van der Waals surface area contributed by atoms with Gasteiger partial charge in [-0.3, -0.25) is 0 Å². The van der Waals surface area contributed by atoms with Crippen molar-refractivity contribution in [1.29, 1.82) is 5.26 Å². The van der Waals surface area contributed by atoms with E-state index in [9.17, 15) is 0 Å². The van der Waals surface area contributed by atoms with Gasteiger partial charge in [0.1, 0.15) is 11.6 Å². The molecule has 1 aliphatic rings. The minimum Gasteiger partial charge on any atom is -0.496 e. The predicted octanol–water partition coefficient (Wildman–Crippen LogP) is 2.06. The number of ether oxygens (including phenoxy) is 1. The maximum absolute atomic E-state index is 9.04. The molecule has 0 atom stereocenters. The quantitative estimate of drug-likeness (QED) is 0.881. The molecule has 1 saturated carbocycles. The van der Waals surface area contributed by atoms with Crippen LogP contribution in [0.5, 0.6) is 5.75 Å². The van der Waals surface area contributed by atoms with Gasteiger partial charge in [-0.1, -0.05) is 0 Å². The molecule has 5 heteroatoms. The van der Waals surface area contributed by atoms with Crippen LogP contribution in [0.4, 0.5) is 0 Å². The molecule has 2 aromatic rings. The Morgan fingerprint density at radius 1 is 1.48 bits per heavy atom. The lowest BCUT2D eigenvalue weighted by Gasteiger charge is -2.12. The number of methoxy groups -OCH3 is 1. The fraction of sp³-hybridized carbons (Fsp3) is 0.375. The van der Waals surface area contributed by atoms with Crippen molar-refractivity contribution in [1.82, 2.24) is 14.9 Å². The van der Waals surface area contributed by atoms with Gasteiger partial charge in [-0.15, -0.1) is 0 Å². The normalized spacial score (nSPS) is 13.9. The van der Waals surface area contributed by atoms with Crippen LogP contribution in [0.2, 0.25) is 0 Å². The first-order chi connectivity index (χ1) is 10.3. The highest BCUT2D eigenvalue weighted by Crippen LogP contribution is 2.22. The number of aromatic nitrogens is 2. The molecular formula is C16H18N4O. The molecule has 1 aromatic carbocycles. The van der Waals surface area contributed by atoms with E-state index < -0.39 is 0 Å². The van der Waals surface area contributed by atoms with Crippen LogP contribution in [0.25, 0.3) is 0 Å². The molecule has 1 aromatic heterocycles. The number of imidazole rings is 1. The van der Waals surface area contributed by atoms with Gasteiger partial charge in [-0.25, -0.2) is 4.98 Å². The van der Waals surface area contributed by atoms with E-state index in [0.717, 1.165) is 23.7 Å². The molecule has 0 saturated heterocycles. The van der Waals surface area contributed by atoms with E-state index in [4.69, 9.17) is 10.00 Å². The first kappa shape index (κ1) is 13.7. The van der Waals surface area contributed by atoms with E-state index in [1.807, 2.05) is 24.5 Å². The summed E-state index contributed by atoms with van der Waals surface area (Å²) in [6.45, 7) is 1.43. The Balaban J connectivity index is 1.79. The van der Waals surface area contributed by atoms with Crippen LogP contribution in [0.15, 0.2) is 30.6 Å². The Labute approximate surface area is 124 Å². The van der Waals surface area contributed by atoms with Gasteiger partial charge >= 0.3 is 0 Å². The molecule has 1 aliphatic carbocycles. The number of rotatable bonds is 6. The Morgan fingerprint density at radius 3 is 3.05 bits per heavy atom. The van der Waals surface area contributed by atoms with Gasteiger partial charge in [-0.2, -0.15) is 5.26 Å². The highest BCUT2D eigenvalue weighted by molar-refractivity contribution is 5.42. The number of nitrogens with one attached hydrogen (secondary N) is 1. The van der Waals surface area contributed by atoms with E-state index in [0.29, 0.717) is 18.2 Å². The van der Waals surface area contributed by atoms with Gasteiger partial charge in [-0.05, 0) is 31.0 Å². The summed E-state index contributed by atoms with van der Waals surface area (Å²) < 4.78 is 7.47. The number of nitriles is 1. The molecule has 0 spiro atoms. The lowest BCUT2D eigenvalue weighted by molar-refractivity contribution is 0.408. The van der Waals surface area contributed by atoms with Crippen LogP contribution in [0, 0.1) is 11.3 Å². The van der Waals surface area contributed by atoms with Crippen molar-refractivity contribution in [3.8, 4) is 11.8 Å². The lowest BCUT2D eigenvalue weighted by atomic mass is 10.1. The monoisotopic (exact) mass is 282 g/mol. The molecule has 1 N–H and O–H groups in total. The summed E-state index contributed by atoms with van der Waals surface area (Å²) in [7, 11) is 1.65. The molecule has 1 fully saturated rings. The predicted molar refractivity (Wildman–Crippen MR) is 78.9 cm³/mol. The first-order valence-electron chi connectivity index (χ1n) is 7.10. The second kappa shape index (κ2) is 5.98. The minimum absolute atomic E-state index is 0.642. The highest BCUT2D eigenvalue weighted by atomic mass is 16.5. The van der Waals surface area contributed by atoms with Crippen LogP contribution in [0.1, 0.15) is 29.8 Å². The fourth-order valence-electron chi connectivity index (χ4n) is 2.33. The number of hydrogen-bond acceptors (Lipinski definition) is 4. The SMILES string of the molecule is COc1ccc(C#N)cc1Cn1ccnc1CNC1CC1. The highest BCUT2D eigenvalue weighted by Gasteiger charge is 2.20. The fourth-order valence-corrected chi connectivity index (χ4v) is 2.33. The summed E-state index contributed by atoms with van der Waals surface area (Å²) in [5, 5.41) is 12.5. The van der Waals surface area contributed by atoms with Crippen molar-refractivity contribution in [2.75, 3.05) is 7.11 Å². The molecule has 1 heterocycles. The summed E-state index contributed by atoms with van der Waals surface area (Å²) in [5.74, 6) is 1.80. The van der Waals surface area contributed by atoms with E-state index in [1.54, 1.807) is 13.2 Å². The van der Waals surface area contributed by atoms with Gasteiger partial charge in [0, 0.05) is 24.0 Å². The second-order valence-electron chi connectivity index (χ2n) is 5.26. The van der Waals surface area contributed by atoms with Gasteiger partial charge in [0.25, 0.3) is 0 Å². The van der Waals surface area contributed by atoms with E-state index >= 15 is 0 Å². The molecule has 0 bridgehead atoms. The van der Waals surface area contributed by atoms with Crippen LogP contribution in [-0.4, -0.2) is 22.7 Å². The summed E-state index contributed by atoms with van der Waals surface area (Å²) in [6.07, 6.45) is 6.30. The van der Waals surface area contributed by atoms with Crippen molar-refractivity contribution in [2.45, 2.75) is 32.0 Å². The first-order valence-corrected chi connectivity index (χ1v) is 7.10. The van der Waals surface area contributed by atoms with E-state index in [-0.39, 0.29) is 0 Å². The van der Waals surface area contributed by atoms with Crippen molar-refractivity contribution < 1.29 is 4.74 Å². The topological polar surface area (TPSA) is 62.9 Å². The zero-order valence-corrected chi connectivity index (χ0v) is 12.0. The third-order valence-electron chi connectivity index (χ3n) is 3.68. The molecule has 0 aliphatic heterocycles. The standard InChI is InChI=1S/C16H18N4O/c1-21-15-5-2-12(9-17)8-13(15)11-20-7-6-18-16(20)10-19-14-3-4-14/h2,5-8,14,19H,3-4,10-11H2,1H3. The van der Waals surface area contributed by atoms with Crippen LogP contribution < -0.4 is 10.1 Å². The molecule has 5 nitrogen and oxygen atoms in total. The maximum atomic E-state index is 9.04. The van der Waals surface area contributed by atoms with Gasteiger partial charge in [0.15, 0.2) is 0 Å². The van der Waals surface area contributed by atoms with Crippen molar-refractivity contribution in [2.24, 2.45) is 0 Å². The van der Waals surface area contributed by atoms with E-state index in [1.165, 1.54) is 12.8 Å². The maximum Gasteiger partial charge on any atom is 0.123 e. The molecular weight excluding hydrogens is 264 g/mol. The summed E-state index contributed by atoms with van der Waals surface area (Å²) in [6, 6.07) is 8.31. The Hall–Kier alpha value is -2.32. The summed E-state index contributed by atoms with van der Waals surface area (Å²) in [5.41, 5.74) is 1.63. The minimum atomic E-state index is 0.642. The third-order valence-corrected chi connectivity index (χ3v) is 3.68. The Morgan fingerprint density at radius 2 is 2.33 bits per heavy atom. The zero-order chi connectivity index (χ0) is 14.7. The average molecular weight is 282 g/mol. The largest absolute Gasteiger partial charge is 0.496 e. The van der Waals surface area contributed by atoms with Crippen molar-refractivity contribution in [3.05, 3.63) is 47.5 Å². The molecule has 3 rings (SSSR count). The van der Waals surface area contributed by atoms with Gasteiger partial charge in [0.2, 0.25) is 0 Å². The smallest absolute Gasteiger partial charge is 0.123 e. The van der Waals surface area contributed by atoms with Crippen LogP contribution >= 0.6 is 0 Å². The Bertz CT molecular complexity index is 667. The lowest BCUT2D eigenvalue weighted by Crippen LogP contribution is -2.19. The summed E-state index contributed by atoms with van der Waals surface area (Å²) >= 11 is 0. The van der Waals surface area contributed by atoms with Gasteiger partial charge in [0.05, 0.1) is 31.8 Å². The number of hydrogen-bond donors (Lipinski definition) is 1. The van der Waals surface area contributed by atoms with Gasteiger partial charge < -0.3 is 14.6 Å². The van der Waals surface area contributed by atoms with Crippen molar-refractivity contribution >= 4 is 0 Å².